The van der Waals surface area contributed by atoms with Gasteiger partial charge in [0.2, 0.25) is 0 Å². The van der Waals surface area contributed by atoms with Crippen LogP contribution in [0.25, 0.3) is 22.5 Å². The number of rotatable bonds is 10. The van der Waals surface area contributed by atoms with E-state index in [4.69, 9.17) is 9.51 Å². The maximum atomic E-state index is 12.8. The molecule has 0 radical (unpaired) electrons. The maximum absolute atomic E-state index is 12.8. The zero-order valence-electron chi connectivity index (χ0n) is 24.3. The lowest BCUT2D eigenvalue weighted by Gasteiger charge is -2.26. The molecule has 0 saturated carbocycles. The average Bonchev–Trinajstić information content (AvgIpc) is 3.61. The summed E-state index contributed by atoms with van der Waals surface area (Å²) < 4.78 is 9.05. The molecule has 1 fully saturated rings. The molecule has 0 amide bonds. The molecule has 1 aliphatic rings. The second kappa shape index (κ2) is 12.2. The topological polar surface area (TPSA) is 139 Å². The van der Waals surface area contributed by atoms with Crippen molar-refractivity contribution in [3.05, 3.63) is 89.1 Å². The molecule has 43 heavy (non-hydrogen) atoms. The zero-order chi connectivity index (χ0) is 29.9. The van der Waals surface area contributed by atoms with E-state index in [0.29, 0.717) is 52.2 Å². The summed E-state index contributed by atoms with van der Waals surface area (Å²) in [4.78, 5) is 29.1. The summed E-state index contributed by atoms with van der Waals surface area (Å²) in [5.74, 6) is 2.33. The largest absolute Gasteiger partial charge is 0.394 e. The van der Waals surface area contributed by atoms with Gasteiger partial charge in [0, 0.05) is 25.2 Å². The van der Waals surface area contributed by atoms with Gasteiger partial charge in [-0.05, 0) is 50.7 Å². The van der Waals surface area contributed by atoms with Crippen molar-refractivity contribution < 1.29 is 9.63 Å². The average molecular weight is 582 g/mol. The van der Waals surface area contributed by atoms with Gasteiger partial charge < -0.3 is 25.2 Å². The number of allylic oxidation sites excluding steroid dienone is 1. The van der Waals surface area contributed by atoms with Gasteiger partial charge in [0.05, 0.1) is 35.8 Å². The molecule has 12 heteroatoms. The lowest BCUT2D eigenvalue weighted by atomic mass is 9.96. The first-order valence-electron chi connectivity index (χ1n) is 14.3. The summed E-state index contributed by atoms with van der Waals surface area (Å²) in [6.45, 7) is 5.98. The van der Waals surface area contributed by atoms with Crippen molar-refractivity contribution in [2.75, 3.05) is 37.4 Å². The quantitative estimate of drug-likeness (QED) is 0.207. The monoisotopic (exact) mass is 581 g/mol. The third-order valence-corrected chi connectivity index (χ3v) is 7.94. The van der Waals surface area contributed by atoms with Crippen LogP contribution in [0.15, 0.2) is 76.7 Å². The molecule has 0 bridgehead atoms. The number of nitrogens with one attached hydrogen (secondary N) is 2. The Morgan fingerprint density at radius 1 is 1.12 bits per heavy atom. The minimum Gasteiger partial charge on any atom is -0.394 e. The van der Waals surface area contributed by atoms with Gasteiger partial charge in [0.1, 0.15) is 11.6 Å². The molecule has 12 nitrogen and oxygen atoms in total. The molecular formula is C31H35N9O3. The Bertz CT molecular complexity index is 1790. The molecule has 4 aromatic heterocycles. The third-order valence-electron chi connectivity index (χ3n) is 7.94. The van der Waals surface area contributed by atoms with Gasteiger partial charge in [0.25, 0.3) is 11.4 Å². The van der Waals surface area contributed by atoms with Gasteiger partial charge in [-0.3, -0.25) is 9.48 Å². The van der Waals surface area contributed by atoms with Gasteiger partial charge in [-0.1, -0.05) is 41.6 Å². The number of pyridine rings is 2. The van der Waals surface area contributed by atoms with Crippen LogP contribution in [0.2, 0.25) is 0 Å². The second-order valence-corrected chi connectivity index (χ2v) is 10.8. The number of nitrogens with zero attached hydrogens (tertiary/aromatic N) is 7. The number of likely N-dealkylation sites (tertiary alicyclic amines) is 1. The minimum atomic E-state index is -0.389. The maximum Gasteiger partial charge on any atom is 0.276 e. The van der Waals surface area contributed by atoms with Crippen molar-refractivity contribution >= 4 is 28.4 Å². The van der Waals surface area contributed by atoms with E-state index in [1.165, 1.54) is 0 Å². The number of aliphatic hydroxyl groups is 1. The van der Waals surface area contributed by atoms with Crippen LogP contribution >= 0.6 is 0 Å². The standard InChI is InChI=1S/C31H35N9O3/c1-4-14-40-31(42)22-10-11-26(35-29(22)39(40)3)34-27-17-24(33-25(19-41)20-8-6-5-7-9-20)23(18-32-27)30-36-28(37-43-30)21-12-15-38(2)16-13-21/h4-11,17-18,21,25,41H,1,12-16,19H2,2-3H3,(H2,32,33,34,35)/t25-/m1/s1. The number of aryl methyl sites for hydroxylation is 1. The SMILES string of the molecule is C=CCn1c(=O)c2ccc(Nc3cc(N[C@H](CO)c4ccccc4)c(-c4nc(C5CCN(C)CC5)no4)cn3)nc2n1C. The van der Waals surface area contributed by atoms with E-state index in [0.717, 1.165) is 31.5 Å². The Balaban J connectivity index is 1.34. The Kier molecular flexibility index (Phi) is 8.03. The minimum absolute atomic E-state index is 0.124. The van der Waals surface area contributed by atoms with Crippen molar-refractivity contribution in [2.45, 2.75) is 31.3 Å². The number of hydrogen-bond acceptors (Lipinski definition) is 10. The highest BCUT2D eigenvalue weighted by Crippen LogP contribution is 2.34. The van der Waals surface area contributed by atoms with Gasteiger partial charge in [-0.15, -0.1) is 6.58 Å². The fourth-order valence-corrected chi connectivity index (χ4v) is 5.48. The normalized spacial score (nSPS) is 15.0. The summed E-state index contributed by atoms with van der Waals surface area (Å²) in [5.41, 5.74) is 2.63. The van der Waals surface area contributed by atoms with Crippen molar-refractivity contribution in [2.24, 2.45) is 7.05 Å². The highest BCUT2D eigenvalue weighted by Gasteiger charge is 2.25. The van der Waals surface area contributed by atoms with Crippen LogP contribution in [-0.2, 0) is 13.6 Å². The Hall–Kier alpha value is -4.81. The Morgan fingerprint density at radius 3 is 2.65 bits per heavy atom. The molecule has 1 aromatic carbocycles. The summed E-state index contributed by atoms with van der Waals surface area (Å²) in [6.07, 6.45) is 5.30. The van der Waals surface area contributed by atoms with Crippen LogP contribution in [0, 0.1) is 0 Å². The predicted molar refractivity (Wildman–Crippen MR) is 165 cm³/mol. The van der Waals surface area contributed by atoms with E-state index >= 15 is 0 Å². The molecule has 5 aromatic rings. The molecule has 3 N–H and O–H groups in total. The smallest absolute Gasteiger partial charge is 0.276 e. The van der Waals surface area contributed by atoms with Crippen molar-refractivity contribution in [3.8, 4) is 11.5 Å². The van der Waals surface area contributed by atoms with Crippen LogP contribution in [0.5, 0.6) is 0 Å². The van der Waals surface area contributed by atoms with Crippen molar-refractivity contribution in [3.63, 3.8) is 0 Å². The zero-order valence-corrected chi connectivity index (χ0v) is 24.3. The number of aliphatic hydroxyl groups excluding tert-OH is 1. The Morgan fingerprint density at radius 2 is 1.91 bits per heavy atom. The van der Waals surface area contributed by atoms with Crippen LogP contribution < -0.4 is 16.2 Å². The van der Waals surface area contributed by atoms with Gasteiger partial charge in [0.15, 0.2) is 11.5 Å². The number of anilines is 3. The lowest BCUT2D eigenvalue weighted by molar-refractivity contribution is 0.248. The van der Waals surface area contributed by atoms with Gasteiger partial charge >= 0.3 is 0 Å². The molecular weight excluding hydrogens is 546 g/mol. The van der Waals surface area contributed by atoms with E-state index < -0.39 is 0 Å². The molecule has 222 valence electrons. The van der Waals surface area contributed by atoms with Gasteiger partial charge in [-0.25, -0.2) is 14.6 Å². The summed E-state index contributed by atoms with van der Waals surface area (Å²) >= 11 is 0. The van der Waals surface area contributed by atoms with E-state index in [2.05, 4.69) is 44.3 Å². The highest BCUT2D eigenvalue weighted by atomic mass is 16.5. The molecule has 1 saturated heterocycles. The third kappa shape index (κ3) is 5.79. The van der Waals surface area contributed by atoms with Crippen molar-refractivity contribution in [1.29, 1.82) is 0 Å². The first kappa shape index (κ1) is 28.3. The molecule has 0 unspecified atom stereocenters. The Labute approximate surface area is 248 Å². The number of fused-ring (bicyclic) bond motifs is 1. The van der Waals surface area contributed by atoms with E-state index in [1.54, 1.807) is 40.8 Å². The van der Waals surface area contributed by atoms with Gasteiger partial charge in [-0.2, -0.15) is 4.98 Å². The van der Waals surface area contributed by atoms with Crippen molar-refractivity contribution in [1.82, 2.24) is 34.4 Å². The second-order valence-electron chi connectivity index (χ2n) is 10.8. The lowest BCUT2D eigenvalue weighted by Crippen LogP contribution is -2.29. The molecule has 6 rings (SSSR count). The molecule has 1 atom stereocenters. The van der Waals surface area contributed by atoms with E-state index in [9.17, 15) is 9.90 Å². The van der Waals surface area contributed by atoms with Crippen LogP contribution in [0.1, 0.15) is 36.2 Å². The number of aromatic nitrogens is 6. The van der Waals surface area contributed by atoms with Crippen LogP contribution in [-0.4, -0.2) is 66.2 Å². The van der Waals surface area contributed by atoms with Crippen LogP contribution in [0.4, 0.5) is 17.3 Å². The summed E-state index contributed by atoms with van der Waals surface area (Å²) in [5, 5.41) is 21.8. The molecule has 0 aliphatic carbocycles. The summed E-state index contributed by atoms with van der Waals surface area (Å²) in [7, 11) is 3.91. The first-order chi connectivity index (χ1) is 20.9. The van der Waals surface area contributed by atoms with Crippen LogP contribution in [0.3, 0.4) is 0 Å². The highest BCUT2D eigenvalue weighted by molar-refractivity contribution is 5.79. The fourth-order valence-electron chi connectivity index (χ4n) is 5.48. The number of piperidine rings is 1. The first-order valence-corrected chi connectivity index (χ1v) is 14.3. The molecule has 0 spiro atoms. The number of benzene rings is 1. The molecule has 1 aliphatic heterocycles. The van der Waals surface area contributed by atoms with E-state index in [-0.39, 0.29) is 24.1 Å². The fraction of sp³-hybridized carbons (Fsp3) is 0.323. The van der Waals surface area contributed by atoms with E-state index in [1.807, 2.05) is 36.4 Å². The summed E-state index contributed by atoms with van der Waals surface area (Å²) in [6, 6.07) is 14.7. The predicted octanol–water partition coefficient (Wildman–Crippen LogP) is 4.06. The number of hydrogen-bond donors (Lipinski definition) is 3. The molecule has 5 heterocycles.